The van der Waals surface area contributed by atoms with Crippen molar-refractivity contribution < 1.29 is 13.6 Å². The van der Waals surface area contributed by atoms with Gasteiger partial charge in [-0.3, -0.25) is 9.36 Å². The lowest BCUT2D eigenvalue weighted by Gasteiger charge is -2.11. The van der Waals surface area contributed by atoms with Gasteiger partial charge in [-0.1, -0.05) is 29.3 Å². The summed E-state index contributed by atoms with van der Waals surface area (Å²) >= 11 is 11.5. The third kappa shape index (κ3) is 2.92. The van der Waals surface area contributed by atoms with Crippen LogP contribution in [0.3, 0.4) is 0 Å². The van der Waals surface area contributed by atoms with Crippen molar-refractivity contribution in [2.75, 3.05) is 0 Å². The van der Waals surface area contributed by atoms with E-state index in [1.54, 1.807) is 0 Å². The van der Waals surface area contributed by atoms with Crippen LogP contribution in [0.4, 0.5) is 8.78 Å². The quantitative estimate of drug-likeness (QED) is 0.725. The number of halogens is 4. The van der Waals surface area contributed by atoms with Crippen molar-refractivity contribution >= 4 is 29.1 Å². The molecule has 5 nitrogen and oxygen atoms in total. The summed E-state index contributed by atoms with van der Waals surface area (Å²) in [5.41, 5.74) is 4.15. The van der Waals surface area contributed by atoms with Crippen molar-refractivity contribution in [3.05, 3.63) is 74.3 Å². The van der Waals surface area contributed by atoms with Gasteiger partial charge in [-0.05, 0) is 30.3 Å². The molecule has 0 fully saturated rings. The van der Waals surface area contributed by atoms with E-state index in [0.29, 0.717) is 0 Å². The molecule has 0 bridgehead atoms. The standard InChI is InChI=1S/C16H9Cl2F2N3O2/c17-8-2-1-3-11(12(8)20)23-14(13(15(21)24)22-16(23)25)7-4-5-10(19)9(18)6-7/h1-6H,(H2,21,24)(H,22,25). The predicted molar refractivity (Wildman–Crippen MR) is 90.3 cm³/mol. The van der Waals surface area contributed by atoms with Crippen molar-refractivity contribution in [2.24, 2.45) is 5.73 Å². The van der Waals surface area contributed by atoms with Gasteiger partial charge < -0.3 is 10.7 Å². The number of amides is 1. The smallest absolute Gasteiger partial charge is 0.331 e. The third-order valence-electron chi connectivity index (χ3n) is 3.51. The monoisotopic (exact) mass is 383 g/mol. The summed E-state index contributed by atoms with van der Waals surface area (Å²) in [4.78, 5) is 26.3. The normalized spacial score (nSPS) is 10.9. The molecule has 3 rings (SSSR count). The van der Waals surface area contributed by atoms with E-state index in [1.165, 1.54) is 30.3 Å². The molecule has 1 aromatic heterocycles. The van der Waals surface area contributed by atoms with Gasteiger partial charge in [-0.2, -0.15) is 0 Å². The Bertz CT molecular complexity index is 1060. The number of aromatic nitrogens is 2. The fourth-order valence-corrected chi connectivity index (χ4v) is 2.78. The Morgan fingerprint density at radius 3 is 2.48 bits per heavy atom. The maximum absolute atomic E-state index is 14.4. The minimum Gasteiger partial charge on any atom is -0.364 e. The lowest BCUT2D eigenvalue weighted by atomic mass is 10.1. The van der Waals surface area contributed by atoms with E-state index in [-0.39, 0.29) is 32.7 Å². The maximum Gasteiger partial charge on any atom is 0.331 e. The van der Waals surface area contributed by atoms with Crippen LogP contribution in [0.5, 0.6) is 0 Å². The lowest BCUT2D eigenvalue weighted by molar-refractivity contribution is 0.0996. The van der Waals surface area contributed by atoms with Gasteiger partial charge in [0.2, 0.25) is 0 Å². The van der Waals surface area contributed by atoms with Crippen molar-refractivity contribution in [1.29, 1.82) is 0 Å². The lowest BCUT2D eigenvalue weighted by Crippen LogP contribution is -2.17. The van der Waals surface area contributed by atoms with Crippen LogP contribution >= 0.6 is 23.2 Å². The van der Waals surface area contributed by atoms with Gasteiger partial charge in [0, 0.05) is 5.56 Å². The number of carbonyl (C=O) groups is 1. The summed E-state index contributed by atoms with van der Waals surface area (Å²) < 4.78 is 28.7. The van der Waals surface area contributed by atoms with E-state index >= 15 is 0 Å². The Hall–Kier alpha value is -2.64. The number of aromatic amines is 1. The minimum absolute atomic E-state index is 0.0550. The molecule has 0 spiro atoms. The second-order valence-corrected chi connectivity index (χ2v) is 5.87. The van der Waals surface area contributed by atoms with Crippen LogP contribution < -0.4 is 11.4 Å². The summed E-state index contributed by atoms with van der Waals surface area (Å²) in [7, 11) is 0. The van der Waals surface area contributed by atoms with Crippen LogP contribution in [0.15, 0.2) is 41.2 Å². The van der Waals surface area contributed by atoms with E-state index in [1.807, 2.05) is 0 Å². The Morgan fingerprint density at radius 2 is 1.84 bits per heavy atom. The van der Waals surface area contributed by atoms with Gasteiger partial charge >= 0.3 is 5.69 Å². The van der Waals surface area contributed by atoms with Crippen LogP contribution in [-0.2, 0) is 0 Å². The van der Waals surface area contributed by atoms with Crippen molar-refractivity contribution in [3.8, 4) is 16.9 Å². The molecule has 0 aliphatic carbocycles. The topological polar surface area (TPSA) is 80.9 Å². The first-order valence-electron chi connectivity index (χ1n) is 6.86. The molecule has 0 aliphatic heterocycles. The second-order valence-electron chi connectivity index (χ2n) is 5.06. The SMILES string of the molecule is NC(=O)c1[nH]c(=O)n(-c2cccc(Cl)c2F)c1-c1ccc(F)c(Cl)c1. The molecule has 25 heavy (non-hydrogen) atoms. The van der Waals surface area contributed by atoms with E-state index in [0.717, 1.165) is 10.6 Å². The summed E-state index contributed by atoms with van der Waals surface area (Å²) in [5.74, 6) is -2.51. The third-order valence-corrected chi connectivity index (χ3v) is 4.09. The molecule has 2 aromatic carbocycles. The van der Waals surface area contributed by atoms with Crippen LogP contribution in [0, 0.1) is 11.6 Å². The molecule has 0 aliphatic rings. The molecule has 128 valence electrons. The fourth-order valence-electron chi connectivity index (χ4n) is 2.43. The largest absolute Gasteiger partial charge is 0.364 e. The average molecular weight is 384 g/mol. The number of benzene rings is 2. The van der Waals surface area contributed by atoms with Crippen LogP contribution in [0.2, 0.25) is 10.0 Å². The van der Waals surface area contributed by atoms with Gasteiger partial charge in [0.25, 0.3) is 5.91 Å². The molecule has 0 radical (unpaired) electrons. The molecule has 0 atom stereocenters. The Kier molecular flexibility index (Phi) is 4.36. The zero-order chi connectivity index (χ0) is 18.3. The molecule has 1 heterocycles. The Morgan fingerprint density at radius 1 is 1.12 bits per heavy atom. The number of rotatable bonds is 3. The number of nitrogens with one attached hydrogen (secondary N) is 1. The highest BCUT2D eigenvalue weighted by Gasteiger charge is 2.23. The van der Waals surface area contributed by atoms with E-state index in [9.17, 15) is 18.4 Å². The molecule has 9 heteroatoms. The molecule has 0 saturated carbocycles. The summed E-state index contributed by atoms with van der Waals surface area (Å²) in [6.07, 6.45) is 0. The number of H-pyrrole nitrogens is 1. The highest BCUT2D eigenvalue weighted by atomic mass is 35.5. The maximum atomic E-state index is 14.4. The van der Waals surface area contributed by atoms with Crippen LogP contribution in [0.25, 0.3) is 16.9 Å². The predicted octanol–water partition coefficient (Wildman–Crippen LogP) is 3.52. The first kappa shape index (κ1) is 17.2. The van der Waals surface area contributed by atoms with Crippen LogP contribution in [-0.4, -0.2) is 15.5 Å². The van der Waals surface area contributed by atoms with Gasteiger partial charge in [0.05, 0.1) is 21.4 Å². The molecule has 3 N–H and O–H groups in total. The first-order chi connectivity index (χ1) is 11.8. The number of hydrogen-bond acceptors (Lipinski definition) is 2. The highest BCUT2D eigenvalue weighted by molar-refractivity contribution is 6.31. The van der Waals surface area contributed by atoms with Crippen molar-refractivity contribution in [1.82, 2.24) is 9.55 Å². The number of carbonyl (C=O) groups excluding carboxylic acids is 1. The summed E-state index contributed by atoms with van der Waals surface area (Å²) in [6.45, 7) is 0. The van der Waals surface area contributed by atoms with E-state index < -0.39 is 23.2 Å². The van der Waals surface area contributed by atoms with E-state index in [4.69, 9.17) is 28.9 Å². The summed E-state index contributed by atoms with van der Waals surface area (Å²) in [5, 5.41) is -0.450. The highest BCUT2D eigenvalue weighted by Crippen LogP contribution is 2.30. The molecule has 0 unspecified atom stereocenters. The number of hydrogen-bond donors (Lipinski definition) is 2. The number of imidazole rings is 1. The molecule has 3 aromatic rings. The molecule has 1 amide bonds. The fraction of sp³-hybridized carbons (Fsp3) is 0. The van der Waals surface area contributed by atoms with Gasteiger partial charge in [-0.15, -0.1) is 0 Å². The zero-order valence-corrected chi connectivity index (χ0v) is 13.8. The number of primary amides is 1. The summed E-state index contributed by atoms with van der Waals surface area (Å²) in [6, 6.07) is 7.58. The van der Waals surface area contributed by atoms with Gasteiger partial charge in [0.1, 0.15) is 11.5 Å². The Balaban J connectivity index is 2.40. The van der Waals surface area contributed by atoms with Crippen molar-refractivity contribution in [2.45, 2.75) is 0 Å². The average Bonchev–Trinajstić information content (AvgIpc) is 2.90. The molecular weight excluding hydrogens is 375 g/mol. The molecular formula is C16H9Cl2F2N3O2. The first-order valence-corrected chi connectivity index (χ1v) is 7.61. The van der Waals surface area contributed by atoms with Crippen molar-refractivity contribution in [3.63, 3.8) is 0 Å². The van der Waals surface area contributed by atoms with E-state index in [2.05, 4.69) is 4.98 Å². The van der Waals surface area contributed by atoms with Crippen LogP contribution in [0.1, 0.15) is 10.5 Å². The second kappa shape index (κ2) is 6.34. The zero-order valence-electron chi connectivity index (χ0n) is 12.3. The van der Waals surface area contributed by atoms with Gasteiger partial charge in [0.15, 0.2) is 5.82 Å². The number of nitrogens with two attached hydrogens (primary N) is 1. The minimum atomic E-state index is -0.950. The number of nitrogens with zero attached hydrogens (tertiary/aromatic N) is 1. The molecule has 0 saturated heterocycles. The Labute approximate surface area is 149 Å². The van der Waals surface area contributed by atoms with Gasteiger partial charge in [-0.25, -0.2) is 13.6 Å².